The molecule has 0 amide bonds. The normalized spacial score (nSPS) is 24.7. The van der Waals surface area contributed by atoms with Crippen LogP contribution in [0.2, 0.25) is 0 Å². The van der Waals surface area contributed by atoms with Gasteiger partial charge in [0, 0.05) is 24.0 Å². The molecule has 100 valence electrons. The fourth-order valence-corrected chi connectivity index (χ4v) is 3.33. The van der Waals surface area contributed by atoms with Crippen LogP contribution in [0.15, 0.2) is 11.4 Å². The largest absolute Gasteiger partial charge is 0.324 e. The van der Waals surface area contributed by atoms with Crippen molar-refractivity contribution in [1.82, 2.24) is 5.32 Å². The summed E-state index contributed by atoms with van der Waals surface area (Å²) in [6, 6.07) is 2.24. The molecule has 2 unspecified atom stereocenters. The number of hydrogen-bond acceptors (Lipinski definition) is 4. The third-order valence-electron chi connectivity index (χ3n) is 3.75. The number of rotatable bonds is 4. The molecule has 1 saturated carbocycles. The summed E-state index contributed by atoms with van der Waals surface area (Å²) in [5.74, 6) is 0.709. The Morgan fingerprint density at radius 1 is 1.44 bits per heavy atom. The molecule has 5 heteroatoms. The molecule has 0 bridgehead atoms. The van der Waals surface area contributed by atoms with Crippen LogP contribution >= 0.6 is 11.3 Å². The van der Waals surface area contributed by atoms with E-state index >= 15 is 0 Å². The molecule has 0 aliphatic heterocycles. The van der Waals surface area contributed by atoms with Gasteiger partial charge in [-0.1, -0.05) is 37.5 Å². The standard InChI is InChI=1S/C13H20N2O2S/c1-10-5-3-2-4-6-12(10)14-8-11-7-13(15(16)17)18-9-11/h7,9-10,12,14H,2-6,8H2,1H3. The van der Waals surface area contributed by atoms with Crippen LogP contribution in [0.4, 0.5) is 5.00 Å². The van der Waals surface area contributed by atoms with E-state index in [0.29, 0.717) is 12.0 Å². The molecule has 1 aliphatic carbocycles. The number of thiophene rings is 1. The molecule has 0 spiro atoms. The molecule has 0 aromatic carbocycles. The highest BCUT2D eigenvalue weighted by molar-refractivity contribution is 7.13. The predicted molar refractivity (Wildman–Crippen MR) is 73.9 cm³/mol. The molecule has 1 aliphatic rings. The number of nitrogens with one attached hydrogen (secondary N) is 1. The highest BCUT2D eigenvalue weighted by Crippen LogP contribution is 2.25. The Morgan fingerprint density at radius 2 is 2.22 bits per heavy atom. The number of nitro groups is 1. The maximum Gasteiger partial charge on any atom is 0.324 e. The van der Waals surface area contributed by atoms with Gasteiger partial charge in [-0.25, -0.2) is 0 Å². The first-order valence-corrected chi connectivity index (χ1v) is 7.50. The van der Waals surface area contributed by atoms with Crippen molar-refractivity contribution in [3.8, 4) is 0 Å². The van der Waals surface area contributed by atoms with Gasteiger partial charge in [0.1, 0.15) is 0 Å². The molecule has 2 atom stereocenters. The molecule has 0 radical (unpaired) electrons. The van der Waals surface area contributed by atoms with Gasteiger partial charge in [0.25, 0.3) is 0 Å². The van der Waals surface area contributed by atoms with E-state index in [-0.39, 0.29) is 9.92 Å². The van der Waals surface area contributed by atoms with Gasteiger partial charge in [-0.05, 0) is 24.3 Å². The first-order valence-electron chi connectivity index (χ1n) is 6.62. The van der Waals surface area contributed by atoms with E-state index in [2.05, 4.69) is 12.2 Å². The van der Waals surface area contributed by atoms with Crippen LogP contribution in [-0.2, 0) is 6.54 Å². The molecular formula is C13H20N2O2S. The fourth-order valence-electron chi connectivity index (χ4n) is 2.60. The number of hydrogen-bond donors (Lipinski definition) is 1. The lowest BCUT2D eigenvalue weighted by Gasteiger charge is -2.22. The third kappa shape index (κ3) is 3.53. The van der Waals surface area contributed by atoms with Crippen molar-refractivity contribution in [1.29, 1.82) is 0 Å². The first-order chi connectivity index (χ1) is 8.66. The van der Waals surface area contributed by atoms with Gasteiger partial charge in [0.15, 0.2) is 0 Å². The molecule has 4 nitrogen and oxygen atoms in total. The molecule has 1 fully saturated rings. The summed E-state index contributed by atoms with van der Waals surface area (Å²) >= 11 is 1.21. The minimum atomic E-state index is -0.317. The average Bonchev–Trinajstić information content (AvgIpc) is 2.72. The Kier molecular flexibility index (Phi) is 4.72. The van der Waals surface area contributed by atoms with E-state index in [1.165, 1.54) is 43.4 Å². The van der Waals surface area contributed by atoms with Gasteiger partial charge in [-0.15, -0.1) is 0 Å². The molecule has 2 rings (SSSR count). The quantitative estimate of drug-likeness (QED) is 0.514. The maximum absolute atomic E-state index is 10.6. The molecule has 1 aromatic heterocycles. The molecule has 1 heterocycles. The van der Waals surface area contributed by atoms with Crippen LogP contribution in [-0.4, -0.2) is 11.0 Å². The van der Waals surface area contributed by atoms with E-state index in [1.807, 2.05) is 5.38 Å². The molecule has 0 saturated heterocycles. The lowest BCUT2D eigenvalue weighted by atomic mass is 9.97. The fraction of sp³-hybridized carbons (Fsp3) is 0.692. The number of nitrogens with zero attached hydrogens (tertiary/aromatic N) is 1. The summed E-state index contributed by atoms with van der Waals surface area (Å²) in [6.45, 7) is 3.05. The van der Waals surface area contributed by atoms with E-state index in [1.54, 1.807) is 6.07 Å². The second-order valence-corrected chi connectivity index (χ2v) is 6.04. The third-order valence-corrected chi connectivity index (χ3v) is 4.68. The SMILES string of the molecule is CC1CCCCCC1NCc1csc([N+](=O)[O-])c1. The second-order valence-electron chi connectivity index (χ2n) is 5.15. The van der Waals surface area contributed by atoms with Gasteiger partial charge >= 0.3 is 5.00 Å². The van der Waals surface area contributed by atoms with Gasteiger partial charge < -0.3 is 5.32 Å². The van der Waals surface area contributed by atoms with E-state index < -0.39 is 0 Å². The maximum atomic E-state index is 10.6. The van der Waals surface area contributed by atoms with Crippen LogP contribution in [0.25, 0.3) is 0 Å². The average molecular weight is 268 g/mol. The van der Waals surface area contributed by atoms with Crippen LogP contribution < -0.4 is 5.32 Å². The molecule has 18 heavy (non-hydrogen) atoms. The minimum absolute atomic E-state index is 0.237. The van der Waals surface area contributed by atoms with Crippen LogP contribution in [0, 0.1) is 16.0 Å². The lowest BCUT2D eigenvalue weighted by molar-refractivity contribution is -0.380. The van der Waals surface area contributed by atoms with Crippen LogP contribution in [0.5, 0.6) is 0 Å². The minimum Gasteiger partial charge on any atom is -0.310 e. The van der Waals surface area contributed by atoms with E-state index in [4.69, 9.17) is 0 Å². The zero-order valence-corrected chi connectivity index (χ0v) is 11.5. The van der Waals surface area contributed by atoms with Gasteiger partial charge in [-0.2, -0.15) is 0 Å². The summed E-state index contributed by atoms with van der Waals surface area (Å²) in [6.07, 6.45) is 6.50. The van der Waals surface area contributed by atoms with E-state index in [9.17, 15) is 10.1 Å². The van der Waals surface area contributed by atoms with Crippen molar-refractivity contribution in [2.75, 3.05) is 0 Å². The molecule has 1 N–H and O–H groups in total. The van der Waals surface area contributed by atoms with E-state index in [0.717, 1.165) is 12.1 Å². The Bertz CT molecular complexity index is 405. The van der Waals surface area contributed by atoms with Crippen molar-refractivity contribution in [3.63, 3.8) is 0 Å². The Labute approximate surface area is 112 Å². The Hall–Kier alpha value is -0.940. The predicted octanol–water partition coefficient (Wildman–Crippen LogP) is 3.71. The van der Waals surface area contributed by atoms with Gasteiger partial charge in [0.05, 0.1) is 4.92 Å². The summed E-state index contributed by atoms with van der Waals surface area (Å²) in [4.78, 5) is 10.3. The summed E-state index contributed by atoms with van der Waals surface area (Å²) < 4.78 is 0. The Morgan fingerprint density at radius 3 is 2.94 bits per heavy atom. The smallest absolute Gasteiger partial charge is 0.310 e. The van der Waals surface area contributed by atoms with Gasteiger partial charge in [-0.3, -0.25) is 10.1 Å². The zero-order valence-electron chi connectivity index (χ0n) is 10.7. The van der Waals surface area contributed by atoms with Crippen molar-refractivity contribution in [2.24, 2.45) is 5.92 Å². The van der Waals surface area contributed by atoms with Crippen molar-refractivity contribution in [3.05, 3.63) is 27.1 Å². The Balaban J connectivity index is 1.87. The highest BCUT2D eigenvalue weighted by Gasteiger charge is 2.19. The van der Waals surface area contributed by atoms with Crippen LogP contribution in [0.1, 0.15) is 44.6 Å². The highest BCUT2D eigenvalue weighted by atomic mass is 32.1. The van der Waals surface area contributed by atoms with Crippen molar-refractivity contribution in [2.45, 2.75) is 51.6 Å². The summed E-state index contributed by atoms with van der Waals surface area (Å²) in [7, 11) is 0. The van der Waals surface area contributed by atoms with Crippen molar-refractivity contribution >= 4 is 16.3 Å². The monoisotopic (exact) mass is 268 g/mol. The topological polar surface area (TPSA) is 55.2 Å². The van der Waals surface area contributed by atoms with Crippen LogP contribution in [0.3, 0.4) is 0 Å². The summed E-state index contributed by atoms with van der Waals surface area (Å²) in [5.41, 5.74) is 1.03. The zero-order chi connectivity index (χ0) is 13.0. The first kappa shape index (κ1) is 13.5. The lowest BCUT2D eigenvalue weighted by Crippen LogP contribution is -2.33. The molecular weight excluding hydrogens is 248 g/mol. The molecule has 1 aromatic rings. The van der Waals surface area contributed by atoms with Crippen molar-refractivity contribution < 1.29 is 4.92 Å². The second kappa shape index (κ2) is 6.29. The van der Waals surface area contributed by atoms with Gasteiger partial charge in [0.2, 0.25) is 0 Å². The summed E-state index contributed by atoms with van der Waals surface area (Å²) in [5, 5.41) is 16.3.